The Morgan fingerprint density at radius 2 is 1.64 bits per heavy atom. The lowest BCUT2D eigenvalue weighted by atomic mass is 10.1. The Bertz CT molecular complexity index is 383. The maximum absolute atomic E-state index is 12.1. The van der Waals surface area contributed by atoms with Crippen LogP contribution in [0.5, 0.6) is 0 Å². The van der Waals surface area contributed by atoms with Gasteiger partial charge in [-0.25, -0.2) is 0 Å². The smallest absolute Gasteiger partial charge is 0.166 e. The van der Waals surface area contributed by atoms with Gasteiger partial charge in [-0.2, -0.15) is 13.2 Å². The lowest BCUT2D eigenvalue weighted by molar-refractivity contribution is -0.137. The Balaban J connectivity index is 2.23. The zero-order chi connectivity index (χ0) is 10.3. The monoisotopic (exact) mass is 220 g/mol. The van der Waals surface area contributed by atoms with Crippen LogP contribution in [-0.2, 0) is 6.18 Å². The second kappa shape index (κ2) is 2.88. The van der Waals surface area contributed by atoms with E-state index in [1.54, 1.807) is 0 Å². The molecule has 0 bridgehead atoms. The van der Waals surface area contributed by atoms with Crippen LogP contribution < -0.4 is 0 Å². The first-order valence-corrected chi connectivity index (χ1v) is 4.04. The molecule has 0 spiro atoms. The van der Waals surface area contributed by atoms with E-state index in [0.29, 0.717) is 11.4 Å². The number of rotatable bonds is 1. The van der Waals surface area contributed by atoms with E-state index >= 15 is 0 Å². The zero-order valence-corrected chi connectivity index (χ0v) is 7.47. The maximum Gasteiger partial charge on any atom is 0.416 e. The van der Waals surface area contributed by atoms with E-state index < -0.39 is 11.7 Å². The van der Waals surface area contributed by atoms with Crippen LogP contribution in [0, 0.1) is 0 Å². The second-order valence-corrected chi connectivity index (χ2v) is 3.08. The van der Waals surface area contributed by atoms with E-state index in [4.69, 9.17) is 11.8 Å². The van der Waals surface area contributed by atoms with Crippen LogP contribution >= 0.6 is 11.8 Å². The summed E-state index contributed by atoms with van der Waals surface area (Å²) in [5.41, 5.74) is -0.100. The van der Waals surface area contributed by atoms with Crippen LogP contribution in [0.25, 0.3) is 0 Å². The van der Waals surface area contributed by atoms with E-state index in [1.807, 2.05) is 0 Å². The first-order chi connectivity index (χ1) is 6.48. The Kier molecular flexibility index (Phi) is 1.92. The summed E-state index contributed by atoms with van der Waals surface area (Å²) in [6, 6.07) is 4.68. The summed E-state index contributed by atoms with van der Waals surface area (Å²) >= 11 is 5.42. The Morgan fingerprint density at radius 3 is 2.00 bits per heavy atom. The van der Waals surface area contributed by atoms with Gasteiger partial charge in [0.05, 0.1) is 5.56 Å². The molecule has 0 unspecified atom stereocenters. The summed E-state index contributed by atoms with van der Waals surface area (Å²) in [5.74, 6) is 0.486. The van der Waals surface area contributed by atoms with E-state index in [1.165, 1.54) is 12.1 Å². The minimum absolute atomic E-state index is 0.486. The molecule has 0 aliphatic carbocycles. The van der Waals surface area contributed by atoms with Crippen molar-refractivity contribution in [3.05, 3.63) is 35.4 Å². The molecule has 0 saturated carbocycles. The summed E-state index contributed by atoms with van der Waals surface area (Å²) < 4.78 is 37.5. The fourth-order valence-corrected chi connectivity index (χ4v) is 1.20. The number of alkyl halides is 3. The van der Waals surface area contributed by atoms with Crippen molar-refractivity contribution >= 4 is 17.6 Å². The van der Waals surface area contributed by atoms with Gasteiger partial charge in [-0.3, -0.25) is 0 Å². The van der Waals surface area contributed by atoms with Crippen molar-refractivity contribution < 1.29 is 13.2 Å². The van der Waals surface area contributed by atoms with E-state index in [0.717, 1.165) is 16.7 Å². The molecule has 1 aliphatic heterocycles. The molecule has 0 atom stereocenters. The molecule has 74 valence electrons. The number of halogens is 4. The molecule has 2 nitrogen and oxygen atoms in total. The summed E-state index contributed by atoms with van der Waals surface area (Å²) in [6.45, 7) is 0. The Hall–Kier alpha value is -1.23. The molecule has 0 fully saturated rings. The van der Waals surface area contributed by atoms with Gasteiger partial charge in [0.25, 0.3) is 0 Å². The summed E-state index contributed by atoms with van der Waals surface area (Å²) in [6.07, 6.45) is -4.30. The largest absolute Gasteiger partial charge is 0.416 e. The van der Waals surface area contributed by atoms with Crippen LogP contribution in [-0.4, -0.2) is 10.4 Å². The van der Waals surface area contributed by atoms with Crippen LogP contribution in [0.2, 0.25) is 0 Å². The van der Waals surface area contributed by atoms with E-state index in [2.05, 4.69) is 5.10 Å². The third kappa shape index (κ3) is 1.68. The molecule has 14 heavy (non-hydrogen) atoms. The fraction of sp³-hybridized carbons (Fsp3) is 0.125. The van der Waals surface area contributed by atoms with Gasteiger partial charge in [-0.15, -0.1) is 9.63 Å². The molecule has 0 radical (unpaired) electrons. The van der Waals surface area contributed by atoms with E-state index in [9.17, 15) is 13.2 Å². The molecular weight excluding hydrogens is 217 g/mol. The number of hydrogen-bond donors (Lipinski definition) is 0. The van der Waals surface area contributed by atoms with Gasteiger partial charge in [0.2, 0.25) is 0 Å². The molecule has 1 aromatic rings. The summed E-state index contributed by atoms with van der Waals surface area (Å²) in [5, 5.41) is 3.65. The van der Waals surface area contributed by atoms with Crippen molar-refractivity contribution in [1.29, 1.82) is 0 Å². The summed E-state index contributed by atoms with van der Waals surface area (Å²) in [7, 11) is 0. The predicted molar refractivity (Wildman–Crippen MR) is 45.7 cm³/mol. The average Bonchev–Trinajstić information content (AvgIpc) is 2.81. The molecule has 6 heteroatoms. The number of nitrogens with zero attached hydrogens (tertiary/aromatic N) is 2. The van der Waals surface area contributed by atoms with Crippen molar-refractivity contribution in [1.82, 2.24) is 4.53 Å². The van der Waals surface area contributed by atoms with Gasteiger partial charge < -0.3 is 0 Å². The zero-order valence-electron chi connectivity index (χ0n) is 6.72. The van der Waals surface area contributed by atoms with Crippen molar-refractivity contribution in [3.63, 3.8) is 0 Å². The molecule has 0 saturated heterocycles. The molecule has 2 rings (SSSR count). The fourth-order valence-electron chi connectivity index (χ4n) is 1.03. The number of hydrogen-bond acceptors (Lipinski definition) is 2. The van der Waals surface area contributed by atoms with Crippen molar-refractivity contribution in [2.45, 2.75) is 6.18 Å². The molecule has 0 amide bonds. The van der Waals surface area contributed by atoms with Crippen molar-refractivity contribution in [2.24, 2.45) is 5.10 Å². The van der Waals surface area contributed by atoms with Crippen LogP contribution in [0.1, 0.15) is 11.1 Å². The van der Waals surface area contributed by atoms with Crippen LogP contribution in [0.4, 0.5) is 13.2 Å². The molecule has 1 aliphatic rings. The van der Waals surface area contributed by atoms with Crippen LogP contribution in [0.3, 0.4) is 0 Å². The predicted octanol–water partition coefficient (Wildman–Crippen LogP) is 2.84. The van der Waals surface area contributed by atoms with E-state index in [-0.39, 0.29) is 0 Å². The number of benzene rings is 1. The SMILES string of the molecule is FC(F)(F)c1ccc(C2=NN2Cl)cc1. The normalized spacial score (nSPS) is 15.4. The van der Waals surface area contributed by atoms with Gasteiger partial charge in [0, 0.05) is 17.3 Å². The highest BCUT2D eigenvalue weighted by Gasteiger charge is 2.31. The molecular formula is C8H4ClF3N2. The quantitative estimate of drug-likeness (QED) is 0.665. The number of amidine groups is 1. The highest BCUT2D eigenvalue weighted by atomic mass is 35.5. The van der Waals surface area contributed by atoms with Crippen LogP contribution in [0.15, 0.2) is 29.4 Å². The molecule has 1 aromatic carbocycles. The lowest BCUT2D eigenvalue weighted by Crippen LogP contribution is -2.05. The van der Waals surface area contributed by atoms with Gasteiger partial charge in [-0.1, -0.05) is 12.1 Å². The third-order valence-corrected chi connectivity index (χ3v) is 2.02. The first-order valence-electron chi connectivity index (χ1n) is 3.70. The first kappa shape index (κ1) is 9.33. The summed E-state index contributed by atoms with van der Waals surface area (Å²) in [4.78, 5) is 0. The van der Waals surface area contributed by atoms with Gasteiger partial charge in [0.1, 0.15) is 0 Å². The van der Waals surface area contributed by atoms with Crippen molar-refractivity contribution in [2.75, 3.05) is 0 Å². The minimum Gasteiger partial charge on any atom is -0.166 e. The molecule has 0 N–H and O–H groups in total. The Morgan fingerprint density at radius 1 is 1.14 bits per heavy atom. The number of hydrazone groups is 1. The standard InChI is InChI=1S/C8H4ClF3N2/c9-14-7(13-14)5-1-3-6(4-2-5)8(10,11)12/h1-4H. The van der Waals surface area contributed by atoms with Gasteiger partial charge in [0.15, 0.2) is 5.84 Å². The molecule has 0 aromatic heterocycles. The molecule has 1 heterocycles. The highest BCUT2D eigenvalue weighted by molar-refractivity contribution is 6.30. The van der Waals surface area contributed by atoms with Crippen molar-refractivity contribution in [3.8, 4) is 0 Å². The third-order valence-electron chi connectivity index (χ3n) is 1.79. The van der Waals surface area contributed by atoms with Gasteiger partial charge in [-0.05, 0) is 12.1 Å². The average molecular weight is 221 g/mol. The topological polar surface area (TPSA) is 15.4 Å². The highest BCUT2D eigenvalue weighted by Crippen LogP contribution is 2.30. The minimum atomic E-state index is -4.30. The lowest BCUT2D eigenvalue weighted by Gasteiger charge is -2.05. The maximum atomic E-state index is 12.1. The van der Waals surface area contributed by atoms with Gasteiger partial charge >= 0.3 is 6.18 Å². The second-order valence-electron chi connectivity index (χ2n) is 2.76. The Labute approximate surface area is 82.7 Å².